The van der Waals surface area contributed by atoms with Crippen molar-refractivity contribution in [3.05, 3.63) is 29.8 Å². The molecule has 20 heavy (non-hydrogen) atoms. The molecule has 0 bridgehead atoms. The molecule has 1 unspecified atom stereocenters. The summed E-state index contributed by atoms with van der Waals surface area (Å²) in [5.74, 6) is -0.234. The lowest BCUT2D eigenvalue weighted by Gasteiger charge is -2.23. The number of hydrogen-bond acceptors (Lipinski definition) is 2. The minimum absolute atomic E-state index is 0.0331. The van der Waals surface area contributed by atoms with E-state index in [0.29, 0.717) is 0 Å². The third-order valence-electron chi connectivity index (χ3n) is 3.17. The van der Waals surface area contributed by atoms with E-state index in [1.165, 1.54) is 17.0 Å². The summed E-state index contributed by atoms with van der Waals surface area (Å²) in [7, 11) is 1.64. The Labute approximate surface area is 116 Å². The number of carbonyl (C=O) groups is 1. The van der Waals surface area contributed by atoms with Crippen molar-refractivity contribution in [1.29, 1.82) is 0 Å². The van der Waals surface area contributed by atoms with E-state index < -0.39 is 11.7 Å². The summed E-state index contributed by atoms with van der Waals surface area (Å²) in [6.07, 6.45) is -3.62. The van der Waals surface area contributed by atoms with Crippen LogP contribution in [0.1, 0.15) is 25.8 Å². The number of nitrogens with zero attached hydrogens (tertiary/aromatic N) is 1. The summed E-state index contributed by atoms with van der Waals surface area (Å²) in [5.41, 5.74) is -0.794. The Bertz CT molecular complexity index is 460. The molecular weight excluding hydrogens is 271 g/mol. The summed E-state index contributed by atoms with van der Waals surface area (Å²) in [4.78, 5) is 13.3. The number of hydrogen-bond donors (Lipinski definition) is 0. The molecule has 0 spiro atoms. The maximum Gasteiger partial charge on any atom is 0.416 e. The number of ether oxygens (including phenoxy) is 1. The van der Waals surface area contributed by atoms with Gasteiger partial charge in [0.15, 0.2) is 6.61 Å². The number of benzene rings is 1. The number of amides is 1. The van der Waals surface area contributed by atoms with Gasteiger partial charge in [0, 0.05) is 13.1 Å². The van der Waals surface area contributed by atoms with Gasteiger partial charge in [0.2, 0.25) is 0 Å². The van der Waals surface area contributed by atoms with Gasteiger partial charge in [-0.2, -0.15) is 13.2 Å². The molecule has 6 heteroatoms. The Morgan fingerprint density at radius 1 is 1.40 bits per heavy atom. The molecule has 0 N–H and O–H groups in total. The third kappa shape index (κ3) is 4.43. The van der Waals surface area contributed by atoms with Crippen LogP contribution in [0, 0.1) is 0 Å². The van der Waals surface area contributed by atoms with Crippen LogP contribution in [-0.4, -0.2) is 30.5 Å². The lowest BCUT2D eigenvalue weighted by Crippen LogP contribution is -2.37. The molecule has 1 amide bonds. The fourth-order valence-electron chi connectivity index (χ4n) is 1.53. The van der Waals surface area contributed by atoms with Gasteiger partial charge in [0.25, 0.3) is 5.91 Å². The van der Waals surface area contributed by atoms with Gasteiger partial charge < -0.3 is 9.64 Å². The third-order valence-corrected chi connectivity index (χ3v) is 3.17. The number of rotatable bonds is 5. The van der Waals surface area contributed by atoms with E-state index in [1.807, 2.05) is 13.8 Å². The minimum atomic E-state index is -4.42. The maximum absolute atomic E-state index is 12.5. The molecule has 1 aromatic rings. The Balaban J connectivity index is 2.64. The van der Waals surface area contributed by atoms with Crippen LogP contribution in [0.5, 0.6) is 5.75 Å². The lowest BCUT2D eigenvalue weighted by atomic mass is 10.2. The Hall–Kier alpha value is -1.72. The van der Waals surface area contributed by atoms with Crippen molar-refractivity contribution in [2.45, 2.75) is 32.5 Å². The first-order valence-electron chi connectivity index (χ1n) is 6.31. The van der Waals surface area contributed by atoms with E-state index >= 15 is 0 Å². The van der Waals surface area contributed by atoms with Crippen molar-refractivity contribution in [2.24, 2.45) is 0 Å². The van der Waals surface area contributed by atoms with Gasteiger partial charge >= 0.3 is 6.18 Å². The normalized spacial score (nSPS) is 12.9. The molecule has 3 nitrogen and oxygen atoms in total. The van der Waals surface area contributed by atoms with Crippen LogP contribution in [-0.2, 0) is 11.0 Å². The molecule has 0 radical (unpaired) electrons. The molecule has 1 rings (SSSR count). The van der Waals surface area contributed by atoms with Crippen molar-refractivity contribution in [3.8, 4) is 5.75 Å². The van der Waals surface area contributed by atoms with Crippen LogP contribution < -0.4 is 4.74 Å². The number of alkyl halides is 3. The topological polar surface area (TPSA) is 29.5 Å². The van der Waals surface area contributed by atoms with E-state index in [9.17, 15) is 18.0 Å². The van der Waals surface area contributed by atoms with Gasteiger partial charge in [-0.05, 0) is 31.5 Å². The highest BCUT2D eigenvalue weighted by atomic mass is 19.4. The Morgan fingerprint density at radius 3 is 2.60 bits per heavy atom. The van der Waals surface area contributed by atoms with Crippen LogP contribution in [0.15, 0.2) is 24.3 Å². The van der Waals surface area contributed by atoms with Crippen LogP contribution in [0.25, 0.3) is 0 Å². The van der Waals surface area contributed by atoms with Gasteiger partial charge in [-0.1, -0.05) is 13.0 Å². The molecule has 0 aliphatic rings. The van der Waals surface area contributed by atoms with Gasteiger partial charge in [-0.3, -0.25) is 4.79 Å². The molecule has 0 heterocycles. The Kier molecular flexibility index (Phi) is 5.42. The predicted octanol–water partition coefficient (Wildman–Crippen LogP) is 3.34. The first kappa shape index (κ1) is 16.3. The molecule has 0 saturated heterocycles. The molecule has 0 aliphatic carbocycles. The number of carbonyl (C=O) groups excluding carboxylic acids is 1. The van der Waals surface area contributed by atoms with E-state index in [0.717, 1.165) is 18.6 Å². The Morgan fingerprint density at radius 2 is 2.05 bits per heavy atom. The highest BCUT2D eigenvalue weighted by molar-refractivity contribution is 5.77. The smallest absolute Gasteiger partial charge is 0.416 e. The van der Waals surface area contributed by atoms with Crippen molar-refractivity contribution in [1.82, 2.24) is 4.90 Å². The van der Waals surface area contributed by atoms with E-state index in [2.05, 4.69) is 0 Å². The van der Waals surface area contributed by atoms with Crippen LogP contribution >= 0.6 is 0 Å². The van der Waals surface area contributed by atoms with Crippen LogP contribution in [0.4, 0.5) is 13.2 Å². The molecule has 0 fully saturated rings. The van der Waals surface area contributed by atoms with E-state index in [4.69, 9.17) is 4.74 Å². The summed E-state index contributed by atoms with van der Waals surface area (Å²) in [6.45, 7) is 3.56. The second kappa shape index (κ2) is 6.63. The second-order valence-electron chi connectivity index (χ2n) is 4.58. The first-order chi connectivity index (χ1) is 9.25. The van der Waals surface area contributed by atoms with Crippen LogP contribution in [0.3, 0.4) is 0 Å². The molecule has 112 valence electrons. The molecular formula is C14H18F3NO2. The average molecular weight is 289 g/mol. The van der Waals surface area contributed by atoms with Gasteiger partial charge in [-0.15, -0.1) is 0 Å². The van der Waals surface area contributed by atoms with E-state index in [-0.39, 0.29) is 24.3 Å². The average Bonchev–Trinajstić information content (AvgIpc) is 2.42. The second-order valence-corrected chi connectivity index (χ2v) is 4.58. The summed E-state index contributed by atoms with van der Waals surface area (Å²) < 4.78 is 42.7. The predicted molar refractivity (Wildman–Crippen MR) is 69.5 cm³/mol. The monoisotopic (exact) mass is 289 g/mol. The molecule has 0 aliphatic heterocycles. The summed E-state index contributed by atoms with van der Waals surface area (Å²) in [6, 6.07) is 4.55. The van der Waals surface area contributed by atoms with Crippen molar-refractivity contribution in [3.63, 3.8) is 0 Å². The zero-order valence-corrected chi connectivity index (χ0v) is 11.7. The molecule has 1 aromatic carbocycles. The van der Waals surface area contributed by atoms with Crippen molar-refractivity contribution >= 4 is 5.91 Å². The largest absolute Gasteiger partial charge is 0.484 e. The lowest BCUT2D eigenvalue weighted by molar-refractivity contribution is -0.137. The highest BCUT2D eigenvalue weighted by Gasteiger charge is 2.30. The van der Waals surface area contributed by atoms with Crippen LogP contribution in [0.2, 0.25) is 0 Å². The minimum Gasteiger partial charge on any atom is -0.484 e. The maximum atomic E-state index is 12.5. The molecule has 1 atom stereocenters. The quantitative estimate of drug-likeness (QED) is 0.832. The number of likely N-dealkylation sites (N-methyl/N-ethyl adjacent to an activating group) is 1. The summed E-state index contributed by atoms with van der Waals surface area (Å²) >= 11 is 0. The molecule has 0 aromatic heterocycles. The molecule has 0 saturated carbocycles. The first-order valence-corrected chi connectivity index (χ1v) is 6.31. The number of halogens is 3. The SMILES string of the molecule is CCC(C)N(C)C(=O)COc1cccc(C(F)(F)F)c1. The standard InChI is InChI=1S/C14H18F3NO2/c1-4-10(2)18(3)13(19)9-20-12-7-5-6-11(8-12)14(15,16)17/h5-8,10H,4,9H2,1-3H3. The fraction of sp³-hybridized carbons (Fsp3) is 0.500. The summed E-state index contributed by atoms with van der Waals surface area (Å²) in [5, 5.41) is 0. The van der Waals surface area contributed by atoms with Crippen molar-refractivity contribution in [2.75, 3.05) is 13.7 Å². The zero-order chi connectivity index (χ0) is 15.3. The van der Waals surface area contributed by atoms with Gasteiger partial charge in [-0.25, -0.2) is 0 Å². The fourth-order valence-corrected chi connectivity index (χ4v) is 1.53. The highest BCUT2D eigenvalue weighted by Crippen LogP contribution is 2.31. The van der Waals surface area contributed by atoms with Crippen molar-refractivity contribution < 1.29 is 22.7 Å². The van der Waals surface area contributed by atoms with Gasteiger partial charge in [0.05, 0.1) is 5.56 Å². The van der Waals surface area contributed by atoms with Gasteiger partial charge in [0.1, 0.15) is 5.75 Å². The van der Waals surface area contributed by atoms with E-state index in [1.54, 1.807) is 7.05 Å². The zero-order valence-electron chi connectivity index (χ0n) is 11.7.